The maximum absolute atomic E-state index is 5.40. The van der Waals surface area contributed by atoms with E-state index in [2.05, 4.69) is 20.6 Å². The number of aryl methyl sites for hydroxylation is 1. The molecule has 0 aromatic carbocycles. The molecule has 0 spiro atoms. The van der Waals surface area contributed by atoms with Crippen LogP contribution in [0.3, 0.4) is 0 Å². The van der Waals surface area contributed by atoms with Crippen LogP contribution in [0, 0.1) is 0 Å². The van der Waals surface area contributed by atoms with Crippen molar-refractivity contribution in [2.75, 3.05) is 0 Å². The van der Waals surface area contributed by atoms with E-state index in [1.54, 1.807) is 0 Å². The SMILES string of the molecule is CCc1ccc(-c2nnn[nH]2)o1. The van der Waals surface area contributed by atoms with Gasteiger partial charge in [-0.15, -0.1) is 5.10 Å². The molecule has 0 unspecified atom stereocenters. The van der Waals surface area contributed by atoms with Crippen LogP contribution in [0.4, 0.5) is 0 Å². The molecule has 0 amide bonds. The molecule has 5 nitrogen and oxygen atoms in total. The lowest BCUT2D eigenvalue weighted by Gasteiger charge is -1.87. The molecular formula is C7H8N4O. The lowest BCUT2D eigenvalue weighted by Crippen LogP contribution is -1.76. The Morgan fingerprint density at radius 3 is 3.00 bits per heavy atom. The van der Waals surface area contributed by atoms with Gasteiger partial charge in [0.1, 0.15) is 5.76 Å². The van der Waals surface area contributed by atoms with E-state index in [0.29, 0.717) is 11.6 Å². The first-order valence-electron chi connectivity index (χ1n) is 3.73. The Balaban J connectivity index is 2.35. The highest BCUT2D eigenvalue weighted by Crippen LogP contribution is 2.16. The molecule has 0 aliphatic carbocycles. The van der Waals surface area contributed by atoms with E-state index in [9.17, 15) is 0 Å². The predicted octanol–water partition coefficient (Wildman–Crippen LogP) is 1.02. The number of H-pyrrole nitrogens is 1. The monoisotopic (exact) mass is 164 g/mol. The number of nitrogens with zero attached hydrogens (tertiary/aromatic N) is 3. The smallest absolute Gasteiger partial charge is 0.215 e. The van der Waals surface area contributed by atoms with Gasteiger partial charge in [0.05, 0.1) is 0 Å². The van der Waals surface area contributed by atoms with E-state index in [1.165, 1.54) is 0 Å². The average molecular weight is 164 g/mol. The van der Waals surface area contributed by atoms with Crippen molar-refractivity contribution in [3.8, 4) is 11.6 Å². The van der Waals surface area contributed by atoms with Crippen molar-refractivity contribution < 1.29 is 4.42 Å². The van der Waals surface area contributed by atoms with E-state index in [4.69, 9.17) is 4.42 Å². The number of hydrogen-bond donors (Lipinski definition) is 1. The quantitative estimate of drug-likeness (QED) is 0.719. The third-order valence-electron chi connectivity index (χ3n) is 1.59. The molecule has 0 aliphatic heterocycles. The number of aromatic nitrogens is 4. The maximum Gasteiger partial charge on any atom is 0.215 e. The Bertz CT molecular complexity index is 351. The minimum Gasteiger partial charge on any atom is -0.458 e. The molecule has 0 saturated carbocycles. The summed E-state index contributed by atoms with van der Waals surface area (Å²) in [5.41, 5.74) is 0. The van der Waals surface area contributed by atoms with Crippen LogP contribution in [-0.4, -0.2) is 20.6 Å². The summed E-state index contributed by atoms with van der Waals surface area (Å²) in [5, 5.41) is 13.3. The number of nitrogens with one attached hydrogen (secondary N) is 1. The van der Waals surface area contributed by atoms with Crippen molar-refractivity contribution in [3.63, 3.8) is 0 Å². The van der Waals surface area contributed by atoms with Gasteiger partial charge in [0.15, 0.2) is 5.76 Å². The van der Waals surface area contributed by atoms with E-state index in [-0.39, 0.29) is 0 Å². The molecule has 12 heavy (non-hydrogen) atoms. The van der Waals surface area contributed by atoms with Crippen molar-refractivity contribution in [2.45, 2.75) is 13.3 Å². The van der Waals surface area contributed by atoms with Crippen LogP contribution in [0.2, 0.25) is 0 Å². The molecular weight excluding hydrogens is 156 g/mol. The number of hydrogen-bond acceptors (Lipinski definition) is 4. The number of rotatable bonds is 2. The zero-order valence-corrected chi connectivity index (χ0v) is 6.61. The number of tetrazole rings is 1. The van der Waals surface area contributed by atoms with Gasteiger partial charge in [-0.2, -0.15) is 0 Å². The molecule has 0 aliphatic rings. The van der Waals surface area contributed by atoms with Crippen LogP contribution in [-0.2, 0) is 6.42 Å². The zero-order valence-electron chi connectivity index (χ0n) is 6.61. The highest BCUT2D eigenvalue weighted by atomic mass is 16.3. The molecule has 0 atom stereocenters. The first-order valence-corrected chi connectivity index (χ1v) is 3.73. The standard InChI is InChI=1S/C7H8N4O/c1-2-5-3-4-6(12-5)7-8-10-11-9-7/h3-4H,2H2,1H3,(H,8,9,10,11). The lowest BCUT2D eigenvalue weighted by molar-refractivity contribution is 0.525. The summed E-state index contributed by atoms with van der Waals surface area (Å²) in [5.74, 6) is 2.17. The number of aromatic amines is 1. The fraction of sp³-hybridized carbons (Fsp3) is 0.286. The van der Waals surface area contributed by atoms with Gasteiger partial charge in [-0.3, -0.25) is 0 Å². The van der Waals surface area contributed by atoms with Crippen molar-refractivity contribution >= 4 is 0 Å². The molecule has 0 saturated heterocycles. The normalized spacial score (nSPS) is 10.4. The summed E-state index contributed by atoms with van der Waals surface area (Å²) in [7, 11) is 0. The molecule has 62 valence electrons. The molecule has 2 aromatic rings. The highest BCUT2D eigenvalue weighted by Gasteiger charge is 2.05. The second-order valence-electron chi connectivity index (χ2n) is 2.37. The molecule has 1 N–H and O–H groups in total. The summed E-state index contributed by atoms with van der Waals surface area (Å²) in [6.45, 7) is 2.03. The third-order valence-corrected chi connectivity index (χ3v) is 1.59. The third kappa shape index (κ3) is 1.09. The van der Waals surface area contributed by atoms with Gasteiger partial charge in [-0.05, 0) is 22.6 Å². The largest absolute Gasteiger partial charge is 0.458 e. The van der Waals surface area contributed by atoms with Crippen LogP contribution in [0.5, 0.6) is 0 Å². The van der Waals surface area contributed by atoms with E-state index in [0.717, 1.165) is 12.2 Å². The van der Waals surface area contributed by atoms with Crippen LogP contribution in [0.25, 0.3) is 11.6 Å². The first kappa shape index (κ1) is 7.02. The highest BCUT2D eigenvalue weighted by molar-refractivity contribution is 5.44. The molecule has 0 fully saturated rings. The van der Waals surface area contributed by atoms with Crippen molar-refractivity contribution in [1.29, 1.82) is 0 Å². The fourth-order valence-electron chi connectivity index (χ4n) is 0.959. The lowest BCUT2D eigenvalue weighted by atomic mass is 10.3. The van der Waals surface area contributed by atoms with Crippen LogP contribution >= 0.6 is 0 Å². The summed E-state index contributed by atoms with van der Waals surface area (Å²) >= 11 is 0. The van der Waals surface area contributed by atoms with Gasteiger partial charge in [0.25, 0.3) is 0 Å². The van der Waals surface area contributed by atoms with Crippen LogP contribution in [0.15, 0.2) is 16.5 Å². The van der Waals surface area contributed by atoms with Crippen molar-refractivity contribution in [2.24, 2.45) is 0 Å². The Labute approximate surface area is 68.8 Å². The van der Waals surface area contributed by atoms with Gasteiger partial charge in [0.2, 0.25) is 5.82 Å². The molecule has 0 radical (unpaired) electrons. The van der Waals surface area contributed by atoms with Gasteiger partial charge >= 0.3 is 0 Å². The predicted molar refractivity (Wildman–Crippen MR) is 41.3 cm³/mol. The average Bonchev–Trinajstić information content (AvgIpc) is 2.75. The Morgan fingerprint density at radius 1 is 1.50 bits per heavy atom. The molecule has 0 bridgehead atoms. The second-order valence-corrected chi connectivity index (χ2v) is 2.37. The minimum atomic E-state index is 0.565. The van der Waals surface area contributed by atoms with E-state index >= 15 is 0 Å². The summed E-state index contributed by atoms with van der Waals surface area (Å²) in [6.07, 6.45) is 0.877. The Hall–Kier alpha value is -1.65. The van der Waals surface area contributed by atoms with Gasteiger partial charge < -0.3 is 4.42 Å². The van der Waals surface area contributed by atoms with Crippen LogP contribution < -0.4 is 0 Å². The summed E-state index contributed by atoms with van der Waals surface area (Å²) < 4.78 is 5.40. The van der Waals surface area contributed by atoms with Crippen LogP contribution in [0.1, 0.15) is 12.7 Å². The topological polar surface area (TPSA) is 67.6 Å². The van der Waals surface area contributed by atoms with Gasteiger partial charge in [0, 0.05) is 6.42 Å². The molecule has 5 heteroatoms. The molecule has 2 heterocycles. The zero-order chi connectivity index (χ0) is 8.39. The molecule has 2 rings (SSSR count). The summed E-state index contributed by atoms with van der Waals surface area (Å²) in [4.78, 5) is 0. The van der Waals surface area contributed by atoms with E-state index < -0.39 is 0 Å². The Morgan fingerprint density at radius 2 is 2.42 bits per heavy atom. The number of furan rings is 1. The Kier molecular flexibility index (Phi) is 1.62. The first-order chi connectivity index (χ1) is 5.90. The maximum atomic E-state index is 5.40. The van der Waals surface area contributed by atoms with Gasteiger partial charge in [-0.25, -0.2) is 5.10 Å². The molecule has 2 aromatic heterocycles. The second kappa shape index (κ2) is 2.77. The van der Waals surface area contributed by atoms with Crippen molar-refractivity contribution in [1.82, 2.24) is 20.6 Å². The van der Waals surface area contributed by atoms with Gasteiger partial charge in [-0.1, -0.05) is 6.92 Å². The van der Waals surface area contributed by atoms with Crippen molar-refractivity contribution in [3.05, 3.63) is 17.9 Å². The fourth-order valence-corrected chi connectivity index (χ4v) is 0.959. The summed E-state index contributed by atoms with van der Waals surface area (Å²) in [6, 6.07) is 3.76. The van der Waals surface area contributed by atoms with E-state index in [1.807, 2.05) is 19.1 Å². The minimum absolute atomic E-state index is 0.565.